The van der Waals surface area contributed by atoms with Crippen LogP contribution >= 0.6 is 0 Å². The van der Waals surface area contributed by atoms with Gasteiger partial charge in [0.15, 0.2) is 0 Å². The number of carbonyl (C=O) groups is 4. The molecule has 0 saturated carbocycles. The summed E-state index contributed by atoms with van der Waals surface area (Å²) in [5.41, 5.74) is 0. The maximum absolute atomic E-state index is 13.5. The van der Waals surface area contributed by atoms with Crippen LogP contribution in [0.2, 0.25) is 0 Å². The smallest absolute Gasteiger partial charge is 0.405 e. The normalized spacial score (nSPS) is 15.1. The highest BCUT2D eigenvalue weighted by atomic mass is 16.5. The average molecular weight is 797 g/mol. The van der Waals surface area contributed by atoms with Gasteiger partial charge in [-0.3, -0.25) is 9.59 Å². The van der Waals surface area contributed by atoms with Gasteiger partial charge in [0.1, 0.15) is 12.1 Å². The molecule has 1 unspecified atom stereocenters. The molecule has 3 atom stereocenters. The van der Waals surface area contributed by atoms with Gasteiger partial charge in [0.2, 0.25) is 11.8 Å². The van der Waals surface area contributed by atoms with Crippen LogP contribution in [0.25, 0.3) is 0 Å². The molecule has 1 fully saturated rings. The van der Waals surface area contributed by atoms with Gasteiger partial charge in [-0.2, -0.15) is 0 Å². The van der Waals surface area contributed by atoms with Crippen LogP contribution in [0.4, 0.5) is 9.59 Å². The standard InChI is InChI=1S/C44H84N4O8/c1-3-5-7-9-11-13-15-17-19-21-23-27-34-55-37-38(56-35-28-24-22-20-18-16-14-12-10-8-6-4-2)36-46-41(49)40-31-29-33-48(40)42(50)39(47-44(53)54)30-25-26-32-45-43(51)52/h38-40,45,47H,3-37H2,1-2H3,(H,46,49)(H,51,52)(H,53,54)/t38?,39-,40-/m0/s1. The Kier molecular flexibility index (Phi) is 33.7. The number of nitrogens with one attached hydrogen (secondary N) is 3. The van der Waals surface area contributed by atoms with E-state index >= 15 is 0 Å². The van der Waals surface area contributed by atoms with E-state index in [1.165, 1.54) is 133 Å². The summed E-state index contributed by atoms with van der Waals surface area (Å²) in [7, 11) is 0. The Morgan fingerprint density at radius 1 is 0.625 bits per heavy atom. The first-order valence-corrected chi connectivity index (χ1v) is 23.0. The van der Waals surface area contributed by atoms with E-state index in [2.05, 4.69) is 29.8 Å². The first-order valence-electron chi connectivity index (χ1n) is 23.0. The van der Waals surface area contributed by atoms with E-state index in [4.69, 9.17) is 14.6 Å². The summed E-state index contributed by atoms with van der Waals surface area (Å²) in [4.78, 5) is 50.6. The van der Waals surface area contributed by atoms with Gasteiger partial charge in [-0.25, -0.2) is 9.59 Å². The Morgan fingerprint density at radius 3 is 1.62 bits per heavy atom. The molecule has 1 saturated heterocycles. The van der Waals surface area contributed by atoms with Gasteiger partial charge in [0.05, 0.1) is 12.7 Å². The van der Waals surface area contributed by atoms with Crippen molar-refractivity contribution in [2.24, 2.45) is 0 Å². The second-order valence-corrected chi connectivity index (χ2v) is 16.0. The number of amides is 4. The molecule has 12 nitrogen and oxygen atoms in total. The summed E-state index contributed by atoms with van der Waals surface area (Å²) < 4.78 is 12.3. The van der Waals surface area contributed by atoms with Gasteiger partial charge >= 0.3 is 12.2 Å². The highest BCUT2D eigenvalue weighted by molar-refractivity contribution is 5.91. The molecule has 5 N–H and O–H groups in total. The highest BCUT2D eigenvalue weighted by Gasteiger charge is 2.37. The van der Waals surface area contributed by atoms with E-state index in [0.29, 0.717) is 52.0 Å². The quantitative estimate of drug-likeness (QED) is 0.0383. The molecule has 1 aliphatic rings. The fourth-order valence-electron chi connectivity index (χ4n) is 7.53. The second kappa shape index (κ2) is 36.7. The number of carboxylic acid groups (broad SMARTS) is 2. The molecule has 1 rings (SSSR count). The minimum Gasteiger partial charge on any atom is -0.465 e. The zero-order valence-electron chi connectivity index (χ0n) is 35.8. The van der Waals surface area contributed by atoms with Crippen molar-refractivity contribution in [3.8, 4) is 0 Å². The largest absolute Gasteiger partial charge is 0.465 e. The van der Waals surface area contributed by atoms with Gasteiger partial charge in [-0.15, -0.1) is 0 Å². The maximum atomic E-state index is 13.5. The zero-order valence-corrected chi connectivity index (χ0v) is 35.8. The molecule has 328 valence electrons. The Morgan fingerprint density at radius 2 is 1.12 bits per heavy atom. The number of unbranched alkanes of at least 4 members (excludes halogenated alkanes) is 23. The Bertz CT molecular complexity index is 987. The van der Waals surface area contributed by atoms with Crippen LogP contribution in [0.1, 0.15) is 200 Å². The molecule has 0 bridgehead atoms. The number of carbonyl (C=O) groups excluding carboxylic acids is 2. The van der Waals surface area contributed by atoms with Crippen LogP contribution in [-0.2, 0) is 19.1 Å². The molecule has 12 heteroatoms. The van der Waals surface area contributed by atoms with Gasteiger partial charge in [-0.1, -0.05) is 155 Å². The van der Waals surface area contributed by atoms with Crippen LogP contribution in [0, 0.1) is 0 Å². The lowest BCUT2D eigenvalue weighted by molar-refractivity contribution is -0.140. The molecule has 0 aromatic carbocycles. The summed E-state index contributed by atoms with van der Waals surface area (Å²) in [5, 5.41) is 25.8. The van der Waals surface area contributed by atoms with Gasteiger partial charge in [0, 0.05) is 32.8 Å². The predicted octanol–water partition coefficient (Wildman–Crippen LogP) is 9.97. The molecule has 0 spiro atoms. The van der Waals surface area contributed by atoms with E-state index in [9.17, 15) is 24.3 Å². The minimum atomic E-state index is -1.32. The third-order valence-corrected chi connectivity index (χ3v) is 10.9. The highest BCUT2D eigenvalue weighted by Crippen LogP contribution is 2.20. The van der Waals surface area contributed by atoms with Crippen molar-refractivity contribution in [2.75, 3.05) is 39.5 Å². The summed E-state index contributed by atoms with van der Waals surface area (Å²) >= 11 is 0. The van der Waals surface area contributed by atoms with Crippen LogP contribution in [0.3, 0.4) is 0 Å². The Hall–Kier alpha value is -2.60. The van der Waals surface area contributed by atoms with Crippen LogP contribution in [-0.4, -0.2) is 96.8 Å². The topological polar surface area (TPSA) is 167 Å². The van der Waals surface area contributed by atoms with Crippen molar-refractivity contribution >= 4 is 24.0 Å². The van der Waals surface area contributed by atoms with Crippen LogP contribution in [0.15, 0.2) is 0 Å². The fraction of sp³-hybridized carbons (Fsp3) is 0.909. The lowest BCUT2D eigenvalue weighted by Gasteiger charge is -2.29. The van der Waals surface area contributed by atoms with Crippen molar-refractivity contribution in [1.82, 2.24) is 20.9 Å². The average Bonchev–Trinajstić information content (AvgIpc) is 3.67. The first-order chi connectivity index (χ1) is 27.3. The summed E-state index contributed by atoms with van der Waals surface area (Å²) in [5.74, 6) is -0.697. The van der Waals surface area contributed by atoms with E-state index < -0.39 is 30.2 Å². The SMILES string of the molecule is CCCCCCCCCCCCCCOCC(CNC(=O)[C@@H]1CCCN1C(=O)[C@H](CCCCNC(=O)O)NC(=O)O)OCCCCCCCCCCCCCC. The number of ether oxygens (including phenoxy) is 2. The Balaban J connectivity index is 2.53. The first kappa shape index (κ1) is 51.4. The van der Waals surface area contributed by atoms with Crippen molar-refractivity contribution in [1.29, 1.82) is 0 Å². The van der Waals surface area contributed by atoms with E-state index in [-0.39, 0.29) is 31.5 Å². The van der Waals surface area contributed by atoms with Crippen LogP contribution < -0.4 is 16.0 Å². The molecule has 4 amide bonds. The second-order valence-electron chi connectivity index (χ2n) is 16.0. The number of hydrogen-bond donors (Lipinski definition) is 5. The number of nitrogens with zero attached hydrogens (tertiary/aromatic N) is 1. The van der Waals surface area contributed by atoms with Gasteiger partial charge in [-0.05, 0) is 44.9 Å². The molecular formula is C44H84N4O8. The molecule has 1 aliphatic heterocycles. The molecular weight excluding hydrogens is 713 g/mol. The Labute approximate surface area is 340 Å². The molecule has 0 aromatic heterocycles. The number of hydrogen-bond acceptors (Lipinski definition) is 6. The lowest BCUT2D eigenvalue weighted by Crippen LogP contribution is -2.54. The van der Waals surface area contributed by atoms with Gasteiger partial charge < -0.3 is 40.5 Å². The third kappa shape index (κ3) is 28.7. The van der Waals surface area contributed by atoms with E-state index in [0.717, 1.165) is 25.7 Å². The van der Waals surface area contributed by atoms with Crippen LogP contribution in [0.5, 0.6) is 0 Å². The molecule has 1 heterocycles. The fourth-order valence-corrected chi connectivity index (χ4v) is 7.53. The van der Waals surface area contributed by atoms with E-state index in [1.54, 1.807) is 0 Å². The molecule has 0 aromatic rings. The number of rotatable bonds is 39. The monoisotopic (exact) mass is 797 g/mol. The van der Waals surface area contributed by atoms with Crippen molar-refractivity contribution < 1.29 is 38.9 Å². The summed E-state index contributed by atoms with van der Waals surface area (Å²) in [6, 6.07) is -1.70. The third-order valence-electron chi connectivity index (χ3n) is 10.9. The van der Waals surface area contributed by atoms with Crippen molar-refractivity contribution in [3.63, 3.8) is 0 Å². The minimum absolute atomic E-state index is 0.211. The number of likely N-dealkylation sites (tertiary alicyclic amines) is 1. The molecule has 0 aliphatic carbocycles. The van der Waals surface area contributed by atoms with E-state index in [1.807, 2.05) is 0 Å². The molecule has 56 heavy (non-hydrogen) atoms. The van der Waals surface area contributed by atoms with Crippen molar-refractivity contribution in [3.05, 3.63) is 0 Å². The zero-order chi connectivity index (χ0) is 40.9. The maximum Gasteiger partial charge on any atom is 0.405 e. The summed E-state index contributed by atoms with van der Waals surface area (Å²) in [6.07, 6.45) is 30.3. The van der Waals surface area contributed by atoms with Gasteiger partial charge in [0.25, 0.3) is 0 Å². The molecule has 0 radical (unpaired) electrons. The summed E-state index contributed by atoms with van der Waals surface area (Å²) in [6.45, 7) is 7.05. The van der Waals surface area contributed by atoms with Crippen molar-refractivity contribution in [2.45, 2.75) is 218 Å². The predicted molar refractivity (Wildman–Crippen MR) is 225 cm³/mol. The lowest BCUT2D eigenvalue weighted by atomic mass is 10.1.